The van der Waals surface area contributed by atoms with E-state index in [1.807, 2.05) is 12.1 Å². The predicted molar refractivity (Wildman–Crippen MR) is 108 cm³/mol. The summed E-state index contributed by atoms with van der Waals surface area (Å²) >= 11 is -0.607. The summed E-state index contributed by atoms with van der Waals surface area (Å²) in [5, 5.41) is 0. The molecule has 0 unspecified atom stereocenters. The molecule has 0 bridgehead atoms. The third-order valence-electron chi connectivity index (χ3n) is 6.74. The van der Waals surface area contributed by atoms with Crippen LogP contribution in [0.25, 0.3) is 0 Å². The van der Waals surface area contributed by atoms with Gasteiger partial charge in [-0.2, -0.15) is 0 Å². The van der Waals surface area contributed by atoms with Gasteiger partial charge in [0.2, 0.25) is 0 Å². The molecular formula is C24H35Cl2Zr. The van der Waals surface area contributed by atoms with Gasteiger partial charge in [-0.25, -0.2) is 0 Å². The Morgan fingerprint density at radius 1 is 0.926 bits per heavy atom. The molecule has 0 N–H and O–H groups in total. The molecule has 3 heteroatoms. The van der Waals surface area contributed by atoms with Crippen molar-refractivity contribution >= 4 is 3.21 Å². The Balaban J connectivity index is 0.00000182. The zero-order chi connectivity index (χ0) is 17.9. The van der Waals surface area contributed by atoms with Crippen molar-refractivity contribution in [3.63, 3.8) is 0 Å². The molecule has 1 saturated carbocycles. The van der Waals surface area contributed by atoms with Crippen LogP contribution in [0, 0.1) is 5.41 Å². The Bertz CT molecular complexity index is 664. The number of hydrogen-bond donors (Lipinski definition) is 0. The Labute approximate surface area is 190 Å². The van der Waals surface area contributed by atoms with E-state index in [1.165, 1.54) is 57.8 Å². The summed E-state index contributed by atoms with van der Waals surface area (Å²) in [4.78, 5) is 0. The first-order valence-corrected chi connectivity index (χ1v) is 13.1. The van der Waals surface area contributed by atoms with Crippen molar-refractivity contribution in [1.29, 1.82) is 0 Å². The van der Waals surface area contributed by atoms with E-state index >= 15 is 0 Å². The summed E-state index contributed by atoms with van der Waals surface area (Å²) in [7, 11) is 0. The zero-order valence-corrected chi connectivity index (χ0v) is 21.5. The van der Waals surface area contributed by atoms with Gasteiger partial charge >= 0.3 is 167 Å². The molecule has 0 aromatic heterocycles. The van der Waals surface area contributed by atoms with Crippen molar-refractivity contribution in [3.8, 4) is 0 Å². The second-order valence-corrected chi connectivity index (χ2v) is 11.4. The third kappa shape index (κ3) is 4.73. The average Bonchev–Trinajstić information content (AvgIpc) is 3.26. The first-order chi connectivity index (χ1) is 12.2. The summed E-state index contributed by atoms with van der Waals surface area (Å²) in [6.45, 7) is 9.72. The van der Waals surface area contributed by atoms with Crippen molar-refractivity contribution in [2.75, 3.05) is 0 Å². The largest absolute Gasteiger partial charge is 1.00 e. The fourth-order valence-electron chi connectivity index (χ4n) is 5.40. The molecule has 0 aliphatic heterocycles. The summed E-state index contributed by atoms with van der Waals surface area (Å²) in [5.74, 6) is 0. The van der Waals surface area contributed by atoms with Crippen LogP contribution < -0.4 is 24.8 Å². The monoisotopic (exact) mass is 483 g/mol. The van der Waals surface area contributed by atoms with E-state index in [4.69, 9.17) is 0 Å². The van der Waals surface area contributed by atoms with Gasteiger partial charge in [-0.05, 0) is 0 Å². The van der Waals surface area contributed by atoms with Crippen LogP contribution in [0.1, 0.15) is 91.9 Å². The maximum atomic E-state index is 2.46. The Kier molecular flexibility index (Phi) is 10.8. The van der Waals surface area contributed by atoms with Gasteiger partial charge in [0, 0.05) is 0 Å². The fraction of sp³-hybridized carbons (Fsp3) is 0.625. The number of allylic oxidation sites excluding steroid dienone is 8. The van der Waals surface area contributed by atoms with Crippen LogP contribution in [0.2, 0.25) is 0 Å². The number of hydrogen-bond acceptors (Lipinski definition) is 0. The van der Waals surface area contributed by atoms with E-state index in [1.54, 1.807) is 16.7 Å². The van der Waals surface area contributed by atoms with Gasteiger partial charge in [0.15, 0.2) is 0 Å². The van der Waals surface area contributed by atoms with E-state index in [9.17, 15) is 0 Å². The molecule has 0 heterocycles. The van der Waals surface area contributed by atoms with Crippen LogP contribution in [0.5, 0.6) is 0 Å². The molecule has 149 valence electrons. The molecule has 0 aromatic rings. The molecule has 27 heavy (non-hydrogen) atoms. The maximum absolute atomic E-state index is 2.46. The fourth-order valence-corrected chi connectivity index (χ4v) is 10.7. The summed E-state index contributed by atoms with van der Waals surface area (Å²) in [5.41, 5.74) is 7.37. The molecule has 0 nitrogen and oxygen atoms in total. The van der Waals surface area contributed by atoms with Gasteiger partial charge in [0.25, 0.3) is 0 Å². The first kappa shape index (κ1) is 25.3. The van der Waals surface area contributed by atoms with Gasteiger partial charge in [-0.1, -0.05) is 0 Å². The van der Waals surface area contributed by atoms with Crippen LogP contribution >= 0.6 is 0 Å². The summed E-state index contributed by atoms with van der Waals surface area (Å²) in [6, 6.07) is 0. The standard InChI is InChI=1S/C18H25.C6H10.2ClH.Zr/c1-5-15-16(14-11-9-10-12-14)13-18(7-3,8-4)17(15)6-2;1-2-4-6-5-3-1;;;/h9-11H,5-8,12H2,1-4H3;1-5H2;2*1H;/q;;;;+2/p-2. The van der Waals surface area contributed by atoms with Crippen molar-refractivity contribution in [3.05, 3.63) is 43.8 Å². The van der Waals surface area contributed by atoms with Crippen molar-refractivity contribution in [1.82, 2.24) is 0 Å². The molecular weight excluding hydrogens is 450 g/mol. The number of halogens is 2. The molecule has 3 rings (SSSR count). The van der Waals surface area contributed by atoms with Crippen molar-refractivity contribution < 1.29 is 47.6 Å². The Hall–Kier alpha value is 0.293. The SMILES string of the molecule is CCC1=C(CC)C(CC)(CC)[C]([Zr+2]=[C]2CCCCC2)=C1C1=CC=CC1.[Cl-].[Cl-]. The second kappa shape index (κ2) is 11.5. The molecule has 3 aliphatic rings. The molecule has 0 spiro atoms. The topological polar surface area (TPSA) is 0 Å². The third-order valence-corrected chi connectivity index (χ3v) is 11.2. The van der Waals surface area contributed by atoms with E-state index in [0.717, 1.165) is 6.42 Å². The minimum absolute atomic E-state index is 0. The van der Waals surface area contributed by atoms with E-state index in [-0.39, 0.29) is 24.8 Å². The van der Waals surface area contributed by atoms with Crippen molar-refractivity contribution in [2.45, 2.75) is 91.9 Å². The number of rotatable bonds is 6. The maximum Gasteiger partial charge on any atom is -1.00 e. The van der Waals surface area contributed by atoms with Gasteiger partial charge in [-0.3, -0.25) is 0 Å². The van der Waals surface area contributed by atoms with E-state index in [2.05, 4.69) is 45.9 Å². The minimum atomic E-state index is -0.607. The normalized spacial score (nSPS) is 21.0. The molecule has 0 aromatic carbocycles. The molecule has 1 fully saturated rings. The van der Waals surface area contributed by atoms with Crippen LogP contribution in [-0.2, 0) is 22.8 Å². The quantitative estimate of drug-likeness (QED) is 0.532. The van der Waals surface area contributed by atoms with E-state index in [0.29, 0.717) is 5.41 Å². The molecule has 0 saturated heterocycles. The van der Waals surface area contributed by atoms with Crippen molar-refractivity contribution in [2.24, 2.45) is 5.41 Å². The van der Waals surface area contributed by atoms with Crippen LogP contribution in [0.3, 0.4) is 0 Å². The Morgan fingerprint density at radius 3 is 2.07 bits per heavy atom. The smallest absolute Gasteiger partial charge is 1.00 e. The summed E-state index contributed by atoms with van der Waals surface area (Å²) < 4.78 is 3.98. The van der Waals surface area contributed by atoms with E-state index < -0.39 is 22.8 Å². The molecule has 3 aliphatic carbocycles. The predicted octanol–water partition coefficient (Wildman–Crippen LogP) is 1.29. The van der Waals surface area contributed by atoms with Gasteiger partial charge in [0.05, 0.1) is 0 Å². The van der Waals surface area contributed by atoms with Crippen LogP contribution in [0.4, 0.5) is 0 Å². The van der Waals surface area contributed by atoms with Gasteiger partial charge < -0.3 is 24.8 Å². The molecule has 0 amide bonds. The Morgan fingerprint density at radius 2 is 1.59 bits per heavy atom. The average molecular weight is 486 g/mol. The second-order valence-electron chi connectivity index (χ2n) is 7.82. The van der Waals surface area contributed by atoms with Gasteiger partial charge in [-0.15, -0.1) is 0 Å². The van der Waals surface area contributed by atoms with Crippen LogP contribution in [0.15, 0.2) is 43.8 Å². The minimum Gasteiger partial charge on any atom is -1.00 e. The molecule has 0 atom stereocenters. The first-order valence-electron chi connectivity index (χ1n) is 10.7. The zero-order valence-electron chi connectivity index (χ0n) is 17.6. The van der Waals surface area contributed by atoms with Crippen LogP contribution in [-0.4, -0.2) is 3.21 Å². The molecule has 0 radical (unpaired) electrons. The summed E-state index contributed by atoms with van der Waals surface area (Å²) in [6.07, 6.45) is 20.6. The van der Waals surface area contributed by atoms with Gasteiger partial charge in [0.1, 0.15) is 0 Å².